The van der Waals surface area contributed by atoms with Crippen LogP contribution in [-0.2, 0) is 6.54 Å². The number of nitrogens with two attached hydrogens (primary N) is 1. The van der Waals surface area contributed by atoms with Crippen molar-refractivity contribution in [2.24, 2.45) is 0 Å². The van der Waals surface area contributed by atoms with E-state index in [1.807, 2.05) is 12.1 Å². The minimum atomic E-state index is 0.517. The molecule has 2 heterocycles. The molecule has 0 saturated carbocycles. The third-order valence-corrected chi connectivity index (χ3v) is 3.55. The second-order valence-electron chi connectivity index (χ2n) is 4.67. The first kappa shape index (κ1) is 10.5. The van der Waals surface area contributed by atoms with E-state index in [9.17, 15) is 5.21 Å². The SMILES string of the molecule is Nc1ccc(N2CCCC2)c2c1C=CN(O)C2. The van der Waals surface area contributed by atoms with Crippen LogP contribution in [0.3, 0.4) is 0 Å². The van der Waals surface area contributed by atoms with Crippen LogP contribution in [0.1, 0.15) is 24.0 Å². The lowest BCUT2D eigenvalue weighted by Crippen LogP contribution is -2.24. The molecule has 0 bridgehead atoms. The van der Waals surface area contributed by atoms with Gasteiger partial charge in [-0.3, -0.25) is 10.3 Å². The van der Waals surface area contributed by atoms with Crippen molar-refractivity contribution in [2.75, 3.05) is 23.7 Å². The van der Waals surface area contributed by atoms with Crippen molar-refractivity contribution in [1.29, 1.82) is 0 Å². The lowest BCUT2D eigenvalue weighted by atomic mass is 10.00. The average Bonchev–Trinajstić information content (AvgIpc) is 2.83. The molecule has 0 unspecified atom stereocenters. The molecular formula is C13H17N3O. The van der Waals surface area contributed by atoms with Crippen LogP contribution in [0.15, 0.2) is 18.3 Å². The maximum absolute atomic E-state index is 9.60. The minimum Gasteiger partial charge on any atom is -0.398 e. The first-order chi connectivity index (χ1) is 8.25. The standard InChI is InChI=1S/C13H17N3O/c14-12-3-4-13(15-6-1-2-7-15)11-9-16(17)8-5-10(11)12/h3-5,8,17H,1-2,6-7,9,14H2. The second-order valence-corrected chi connectivity index (χ2v) is 4.67. The molecule has 0 aliphatic carbocycles. The van der Waals surface area contributed by atoms with E-state index in [-0.39, 0.29) is 0 Å². The monoisotopic (exact) mass is 231 g/mol. The van der Waals surface area contributed by atoms with Gasteiger partial charge < -0.3 is 10.6 Å². The van der Waals surface area contributed by atoms with Crippen molar-refractivity contribution in [3.05, 3.63) is 29.5 Å². The number of hydroxylamine groups is 2. The summed E-state index contributed by atoms with van der Waals surface area (Å²) >= 11 is 0. The fourth-order valence-electron chi connectivity index (χ4n) is 2.66. The zero-order valence-electron chi connectivity index (χ0n) is 9.76. The quantitative estimate of drug-likeness (QED) is 0.726. The Morgan fingerprint density at radius 3 is 2.71 bits per heavy atom. The number of rotatable bonds is 1. The minimum absolute atomic E-state index is 0.517. The molecule has 2 aliphatic rings. The number of hydrogen-bond acceptors (Lipinski definition) is 4. The molecule has 17 heavy (non-hydrogen) atoms. The van der Waals surface area contributed by atoms with Crippen LogP contribution in [0.2, 0.25) is 0 Å². The molecule has 1 fully saturated rings. The lowest BCUT2D eigenvalue weighted by molar-refractivity contribution is -0.0493. The molecule has 2 aliphatic heterocycles. The first-order valence-corrected chi connectivity index (χ1v) is 6.06. The summed E-state index contributed by atoms with van der Waals surface area (Å²) in [5.74, 6) is 0. The Hall–Kier alpha value is -1.68. The maximum Gasteiger partial charge on any atom is 0.0723 e. The lowest BCUT2D eigenvalue weighted by Gasteiger charge is -2.27. The number of hydrogen-bond donors (Lipinski definition) is 2. The van der Waals surface area contributed by atoms with Crippen molar-refractivity contribution in [2.45, 2.75) is 19.4 Å². The molecule has 0 radical (unpaired) electrons. The van der Waals surface area contributed by atoms with Crippen LogP contribution in [0.4, 0.5) is 11.4 Å². The van der Waals surface area contributed by atoms with Gasteiger partial charge in [0.05, 0.1) is 6.54 Å². The molecule has 0 amide bonds. The van der Waals surface area contributed by atoms with E-state index in [4.69, 9.17) is 5.73 Å². The van der Waals surface area contributed by atoms with Crippen LogP contribution in [-0.4, -0.2) is 23.4 Å². The van der Waals surface area contributed by atoms with Crippen LogP contribution in [0.25, 0.3) is 6.08 Å². The third-order valence-electron chi connectivity index (χ3n) is 3.55. The van der Waals surface area contributed by atoms with Gasteiger partial charge in [-0.15, -0.1) is 0 Å². The van der Waals surface area contributed by atoms with Crippen molar-refractivity contribution in [3.63, 3.8) is 0 Å². The maximum atomic E-state index is 9.60. The Morgan fingerprint density at radius 1 is 1.18 bits per heavy atom. The predicted molar refractivity (Wildman–Crippen MR) is 68.7 cm³/mol. The number of nitrogen functional groups attached to an aromatic ring is 1. The highest BCUT2D eigenvalue weighted by Crippen LogP contribution is 2.34. The van der Waals surface area contributed by atoms with Crippen LogP contribution in [0, 0.1) is 0 Å². The zero-order chi connectivity index (χ0) is 11.8. The Balaban J connectivity index is 2.08. The molecule has 90 valence electrons. The Labute approximate surface area is 101 Å². The second kappa shape index (κ2) is 3.96. The molecule has 0 aromatic heterocycles. The molecule has 1 saturated heterocycles. The van der Waals surface area contributed by atoms with E-state index < -0.39 is 0 Å². The number of anilines is 2. The Kier molecular flexibility index (Phi) is 2.44. The smallest absolute Gasteiger partial charge is 0.0723 e. The molecule has 1 aromatic rings. The highest BCUT2D eigenvalue weighted by Gasteiger charge is 2.21. The number of nitrogens with zero attached hydrogens (tertiary/aromatic N) is 2. The molecule has 3 rings (SSSR count). The summed E-state index contributed by atoms with van der Waals surface area (Å²) in [6, 6.07) is 4.04. The summed E-state index contributed by atoms with van der Waals surface area (Å²) in [5, 5.41) is 10.8. The van der Waals surface area contributed by atoms with Gasteiger partial charge in [0.1, 0.15) is 0 Å². The number of benzene rings is 1. The van der Waals surface area contributed by atoms with Gasteiger partial charge in [-0.1, -0.05) is 0 Å². The van der Waals surface area contributed by atoms with E-state index in [2.05, 4.69) is 11.0 Å². The fourth-order valence-corrected chi connectivity index (χ4v) is 2.66. The van der Waals surface area contributed by atoms with Gasteiger partial charge in [0.2, 0.25) is 0 Å². The van der Waals surface area contributed by atoms with Crippen LogP contribution in [0.5, 0.6) is 0 Å². The van der Waals surface area contributed by atoms with E-state index in [0.29, 0.717) is 6.54 Å². The van der Waals surface area contributed by atoms with Gasteiger partial charge in [0.25, 0.3) is 0 Å². The van der Waals surface area contributed by atoms with E-state index in [0.717, 1.165) is 29.9 Å². The van der Waals surface area contributed by atoms with Crippen molar-refractivity contribution in [1.82, 2.24) is 5.06 Å². The van der Waals surface area contributed by atoms with Gasteiger partial charge in [-0.2, -0.15) is 0 Å². The van der Waals surface area contributed by atoms with Crippen molar-refractivity contribution >= 4 is 17.5 Å². The summed E-state index contributed by atoms with van der Waals surface area (Å²) in [4.78, 5) is 2.38. The van der Waals surface area contributed by atoms with Crippen molar-refractivity contribution in [3.8, 4) is 0 Å². The first-order valence-electron chi connectivity index (χ1n) is 6.06. The normalized spacial score (nSPS) is 18.6. The molecule has 0 atom stereocenters. The van der Waals surface area contributed by atoms with Crippen LogP contribution >= 0.6 is 0 Å². The highest BCUT2D eigenvalue weighted by molar-refractivity contribution is 5.76. The summed E-state index contributed by atoms with van der Waals surface area (Å²) in [7, 11) is 0. The summed E-state index contributed by atoms with van der Waals surface area (Å²) in [6.07, 6.45) is 6.04. The van der Waals surface area contributed by atoms with Gasteiger partial charge in [-0.05, 0) is 31.1 Å². The summed E-state index contributed by atoms with van der Waals surface area (Å²) in [6.45, 7) is 2.72. The molecule has 1 aromatic carbocycles. The Bertz CT molecular complexity index is 464. The van der Waals surface area contributed by atoms with Crippen LogP contribution < -0.4 is 10.6 Å². The molecule has 4 nitrogen and oxygen atoms in total. The molecular weight excluding hydrogens is 214 g/mol. The molecule has 4 heteroatoms. The van der Waals surface area contributed by atoms with Gasteiger partial charge in [0.15, 0.2) is 0 Å². The third kappa shape index (κ3) is 1.74. The largest absolute Gasteiger partial charge is 0.398 e. The fraction of sp³-hybridized carbons (Fsp3) is 0.385. The predicted octanol–water partition coefficient (Wildman–Crippen LogP) is 2.04. The summed E-state index contributed by atoms with van der Waals surface area (Å²) in [5.41, 5.74) is 10.2. The van der Waals surface area contributed by atoms with Gasteiger partial charge >= 0.3 is 0 Å². The van der Waals surface area contributed by atoms with Crippen molar-refractivity contribution < 1.29 is 5.21 Å². The molecule has 0 spiro atoms. The number of fused-ring (bicyclic) bond motifs is 1. The average molecular weight is 231 g/mol. The van der Waals surface area contributed by atoms with Gasteiger partial charge in [-0.25, -0.2) is 0 Å². The van der Waals surface area contributed by atoms with E-state index in [1.54, 1.807) is 6.20 Å². The highest BCUT2D eigenvalue weighted by atomic mass is 16.5. The van der Waals surface area contributed by atoms with Gasteiger partial charge in [0, 0.05) is 41.8 Å². The summed E-state index contributed by atoms with van der Waals surface area (Å²) < 4.78 is 0. The zero-order valence-corrected chi connectivity index (χ0v) is 9.76. The molecule has 3 N–H and O–H groups in total. The topological polar surface area (TPSA) is 52.7 Å². The van der Waals surface area contributed by atoms with E-state index >= 15 is 0 Å². The van der Waals surface area contributed by atoms with E-state index in [1.165, 1.54) is 23.6 Å². The Morgan fingerprint density at radius 2 is 1.94 bits per heavy atom.